The average molecular weight is 380 g/mol. The van der Waals surface area contributed by atoms with Gasteiger partial charge in [0.2, 0.25) is 11.6 Å². The molecule has 0 spiro atoms. The van der Waals surface area contributed by atoms with Crippen LogP contribution in [0.2, 0.25) is 0 Å². The molecule has 4 aromatic rings. The third kappa shape index (κ3) is 2.29. The minimum Gasteiger partial charge on any atom is -0.455 e. The molecule has 5 rings (SSSR count). The molecular formula is C25H16O4. The Bertz CT molecular complexity index is 1370. The molecule has 0 saturated heterocycles. The predicted molar refractivity (Wildman–Crippen MR) is 111 cm³/mol. The topological polar surface area (TPSA) is 64.3 Å². The van der Waals surface area contributed by atoms with Crippen LogP contribution in [0.1, 0.15) is 42.2 Å². The predicted octanol–water partition coefficient (Wildman–Crippen LogP) is 5.58. The van der Waals surface area contributed by atoms with Gasteiger partial charge < -0.3 is 4.42 Å². The van der Waals surface area contributed by atoms with Crippen LogP contribution in [0.15, 0.2) is 59.0 Å². The first kappa shape index (κ1) is 17.3. The van der Waals surface area contributed by atoms with E-state index in [1.54, 1.807) is 31.2 Å². The molecule has 0 radical (unpaired) electrons. The molecule has 1 aliphatic rings. The first-order valence-electron chi connectivity index (χ1n) is 9.32. The molecule has 1 aromatic heterocycles. The second kappa shape index (κ2) is 6.11. The molecule has 0 bridgehead atoms. The van der Waals surface area contributed by atoms with Gasteiger partial charge >= 0.3 is 0 Å². The zero-order valence-corrected chi connectivity index (χ0v) is 15.9. The summed E-state index contributed by atoms with van der Waals surface area (Å²) >= 11 is 0. The highest BCUT2D eigenvalue weighted by Crippen LogP contribution is 2.44. The van der Waals surface area contributed by atoms with Crippen LogP contribution < -0.4 is 0 Å². The van der Waals surface area contributed by atoms with Crippen LogP contribution in [-0.2, 0) is 0 Å². The number of rotatable bonds is 2. The van der Waals surface area contributed by atoms with Gasteiger partial charge in [-0.1, -0.05) is 48.5 Å². The molecule has 0 unspecified atom stereocenters. The highest BCUT2D eigenvalue weighted by atomic mass is 16.3. The lowest BCUT2D eigenvalue weighted by atomic mass is 9.83. The van der Waals surface area contributed by atoms with Crippen molar-refractivity contribution < 1.29 is 18.8 Å². The standard InChI is InChI=1S/C25H16O4/c1-13-6-5-9-18-16(13)10-11-19-21(18)23(28)22(27)20-14(2)24(29-25(19)20)17-8-4-3-7-15(17)12-26/h3-12H,1-2H3. The summed E-state index contributed by atoms with van der Waals surface area (Å²) in [5.74, 6) is -0.266. The Morgan fingerprint density at radius 2 is 1.48 bits per heavy atom. The monoisotopic (exact) mass is 380 g/mol. The zero-order chi connectivity index (χ0) is 20.3. The summed E-state index contributed by atoms with van der Waals surface area (Å²) in [6.07, 6.45) is 0.757. The Labute approximate surface area is 166 Å². The molecule has 4 nitrogen and oxygen atoms in total. The van der Waals surface area contributed by atoms with Gasteiger partial charge in [-0.2, -0.15) is 0 Å². The summed E-state index contributed by atoms with van der Waals surface area (Å²) in [5.41, 5.74) is 3.95. The van der Waals surface area contributed by atoms with Gasteiger partial charge in [0, 0.05) is 27.8 Å². The normalized spacial score (nSPS) is 12.8. The number of fused-ring (bicyclic) bond motifs is 5. The lowest BCUT2D eigenvalue weighted by Crippen LogP contribution is -2.21. The van der Waals surface area contributed by atoms with Crippen LogP contribution >= 0.6 is 0 Å². The van der Waals surface area contributed by atoms with E-state index in [-0.39, 0.29) is 5.56 Å². The number of carbonyl (C=O) groups is 3. The van der Waals surface area contributed by atoms with Gasteiger partial charge in [0.05, 0.1) is 5.56 Å². The fraction of sp³-hybridized carbons (Fsp3) is 0.0800. The number of Topliss-reactive ketones (excluding diaryl/α,β-unsaturated/α-hetero) is 2. The molecular weight excluding hydrogens is 364 g/mol. The van der Waals surface area contributed by atoms with Crippen molar-refractivity contribution in [1.82, 2.24) is 0 Å². The van der Waals surface area contributed by atoms with Crippen molar-refractivity contribution in [2.75, 3.05) is 0 Å². The van der Waals surface area contributed by atoms with Crippen molar-refractivity contribution in [3.63, 3.8) is 0 Å². The van der Waals surface area contributed by atoms with Gasteiger partial charge in [-0.3, -0.25) is 14.4 Å². The zero-order valence-electron chi connectivity index (χ0n) is 15.9. The van der Waals surface area contributed by atoms with Gasteiger partial charge in [-0.25, -0.2) is 0 Å². The minimum absolute atomic E-state index is 0.283. The molecule has 1 heterocycles. The van der Waals surface area contributed by atoms with Gasteiger partial charge in [0.25, 0.3) is 0 Å². The maximum atomic E-state index is 13.1. The molecule has 29 heavy (non-hydrogen) atoms. The smallest absolute Gasteiger partial charge is 0.237 e. The van der Waals surface area contributed by atoms with Gasteiger partial charge in [-0.05, 0) is 36.2 Å². The Balaban J connectivity index is 1.86. The Kier molecular flexibility index (Phi) is 3.65. The second-order valence-corrected chi connectivity index (χ2v) is 7.28. The van der Waals surface area contributed by atoms with Crippen molar-refractivity contribution in [3.8, 4) is 22.6 Å². The minimum atomic E-state index is -0.572. The molecule has 0 saturated carbocycles. The molecule has 1 aliphatic carbocycles. The highest BCUT2D eigenvalue weighted by molar-refractivity contribution is 6.54. The summed E-state index contributed by atoms with van der Waals surface area (Å²) in [7, 11) is 0. The van der Waals surface area contributed by atoms with Crippen molar-refractivity contribution in [2.24, 2.45) is 0 Å². The lowest BCUT2D eigenvalue weighted by molar-refractivity contribution is 0.0815. The molecule has 140 valence electrons. The van der Waals surface area contributed by atoms with Crippen molar-refractivity contribution >= 4 is 28.6 Å². The van der Waals surface area contributed by atoms with Crippen LogP contribution in [0.25, 0.3) is 33.4 Å². The third-order valence-electron chi connectivity index (χ3n) is 5.66. The summed E-state index contributed by atoms with van der Waals surface area (Å²) < 4.78 is 6.16. The Morgan fingerprint density at radius 3 is 2.28 bits per heavy atom. The van der Waals surface area contributed by atoms with Crippen LogP contribution in [0.3, 0.4) is 0 Å². The van der Waals surface area contributed by atoms with Crippen LogP contribution in [0.5, 0.6) is 0 Å². The second-order valence-electron chi connectivity index (χ2n) is 7.28. The van der Waals surface area contributed by atoms with E-state index < -0.39 is 11.6 Å². The molecule has 0 amide bonds. The number of carbonyl (C=O) groups excluding carboxylic acids is 3. The number of aldehydes is 1. The largest absolute Gasteiger partial charge is 0.455 e. The van der Waals surface area contributed by atoms with E-state index in [4.69, 9.17) is 4.42 Å². The fourth-order valence-corrected chi connectivity index (χ4v) is 4.22. The number of aryl methyl sites for hydroxylation is 1. The number of ketones is 2. The summed E-state index contributed by atoms with van der Waals surface area (Å²) in [5, 5.41) is 1.68. The summed E-state index contributed by atoms with van der Waals surface area (Å²) in [6.45, 7) is 3.72. The number of hydrogen-bond donors (Lipinski definition) is 0. The fourth-order valence-electron chi connectivity index (χ4n) is 4.22. The number of benzene rings is 3. The first-order valence-corrected chi connectivity index (χ1v) is 9.32. The van der Waals surface area contributed by atoms with Gasteiger partial charge in [-0.15, -0.1) is 0 Å². The van der Waals surface area contributed by atoms with Crippen LogP contribution in [0, 0.1) is 13.8 Å². The summed E-state index contributed by atoms with van der Waals surface area (Å²) in [6, 6.07) is 16.5. The molecule has 0 aliphatic heterocycles. The van der Waals surface area contributed by atoms with E-state index in [2.05, 4.69) is 0 Å². The van der Waals surface area contributed by atoms with Gasteiger partial charge in [0.1, 0.15) is 11.5 Å². The first-order chi connectivity index (χ1) is 14.0. The van der Waals surface area contributed by atoms with Gasteiger partial charge in [0.15, 0.2) is 6.29 Å². The van der Waals surface area contributed by atoms with E-state index in [1.807, 2.05) is 37.3 Å². The maximum Gasteiger partial charge on any atom is 0.237 e. The number of furan rings is 1. The molecule has 0 fully saturated rings. The maximum absolute atomic E-state index is 13.1. The van der Waals surface area contributed by atoms with Crippen molar-refractivity contribution in [3.05, 3.63) is 82.4 Å². The Morgan fingerprint density at radius 1 is 0.724 bits per heavy atom. The summed E-state index contributed by atoms with van der Waals surface area (Å²) in [4.78, 5) is 37.6. The van der Waals surface area contributed by atoms with E-state index in [9.17, 15) is 14.4 Å². The number of hydrogen-bond acceptors (Lipinski definition) is 4. The van der Waals surface area contributed by atoms with E-state index >= 15 is 0 Å². The quantitative estimate of drug-likeness (QED) is 0.337. The third-order valence-corrected chi connectivity index (χ3v) is 5.66. The highest BCUT2D eigenvalue weighted by Gasteiger charge is 2.37. The molecule has 0 N–H and O–H groups in total. The van der Waals surface area contributed by atoms with Crippen LogP contribution in [0.4, 0.5) is 0 Å². The van der Waals surface area contributed by atoms with Crippen molar-refractivity contribution in [2.45, 2.75) is 13.8 Å². The van der Waals surface area contributed by atoms with Crippen molar-refractivity contribution in [1.29, 1.82) is 0 Å². The average Bonchev–Trinajstić information content (AvgIpc) is 3.09. The SMILES string of the molecule is Cc1c(-c2ccccc2C=O)oc2c1C(=O)C(=O)c1c-2ccc2c(C)cccc12. The lowest BCUT2D eigenvalue weighted by Gasteiger charge is -2.16. The van der Waals surface area contributed by atoms with E-state index in [1.165, 1.54) is 0 Å². The molecule has 0 atom stereocenters. The van der Waals surface area contributed by atoms with E-state index in [0.29, 0.717) is 39.3 Å². The van der Waals surface area contributed by atoms with E-state index in [0.717, 1.165) is 22.6 Å². The Hall–Kier alpha value is -3.79. The molecule has 3 aromatic carbocycles. The van der Waals surface area contributed by atoms with Crippen LogP contribution in [-0.4, -0.2) is 17.9 Å². The molecule has 4 heteroatoms.